The SMILES string of the molecule is CNc1scc(C2=CCc3cccc(OC)c3O2)c1C(C)(O)O. The van der Waals surface area contributed by atoms with Crippen molar-refractivity contribution in [3.8, 4) is 11.5 Å². The van der Waals surface area contributed by atoms with Gasteiger partial charge in [-0.25, -0.2) is 0 Å². The van der Waals surface area contributed by atoms with Crippen molar-refractivity contribution in [3.05, 3.63) is 46.3 Å². The number of nitrogens with one attached hydrogen (secondary N) is 1. The topological polar surface area (TPSA) is 71.0 Å². The minimum atomic E-state index is -1.96. The van der Waals surface area contributed by atoms with Crippen LogP contribution in [0.25, 0.3) is 5.76 Å². The normalized spacial score (nSPS) is 13.9. The third-order valence-corrected chi connectivity index (χ3v) is 4.75. The van der Waals surface area contributed by atoms with Gasteiger partial charge in [0.25, 0.3) is 0 Å². The molecule has 0 radical (unpaired) electrons. The number of hydrogen-bond donors (Lipinski definition) is 3. The molecule has 0 saturated carbocycles. The number of allylic oxidation sites excluding steroid dienone is 1. The Balaban J connectivity index is 2.05. The second-order valence-electron chi connectivity index (χ2n) is 5.45. The second-order valence-corrected chi connectivity index (χ2v) is 6.33. The summed E-state index contributed by atoms with van der Waals surface area (Å²) in [5.74, 6) is -0.0226. The highest BCUT2D eigenvalue weighted by Gasteiger charge is 2.31. The summed E-state index contributed by atoms with van der Waals surface area (Å²) in [4.78, 5) is 0. The van der Waals surface area contributed by atoms with Crippen molar-refractivity contribution in [1.82, 2.24) is 0 Å². The molecule has 0 saturated heterocycles. The van der Waals surface area contributed by atoms with Crippen LogP contribution in [0.2, 0.25) is 0 Å². The van der Waals surface area contributed by atoms with Crippen LogP contribution in [-0.4, -0.2) is 24.4 Å². The van der Waals surface area contributed by atoms with E-state index in [4.69, 9.17) is 9.47 Å². The van der Waals surface area contributed by atoms with Crippen molar-refractivity contribution in [2.24, 2.45) is 0 Å². The Hall–Kier alpha value is -2.02. The average Bonchev–Trinajstić information content (AvgIpc) is 2.98. The van der Waals surface area contributed by atoms with Gasteiger partial charge in [-0.3, -0.25) is 0 Å². The fourth-order valence-corrected chi connectivity index (χ4v) is 3.72. The molecule has 0 atom stereocenters. The molecular weight excluding hydrogens is 314 g/mol. The van der Waals surface area contributed by atoms with E-state index in [2.05, 4.69) is 5.32 Å². The minimum absolute atomic E-state index is 0.412. The van der Waals surface area contributed by atoms with Gasteiger partial charge in [0.15, 0.2) is 17.3 Å². The van der Waals surface area contributed by atoms with Crippen LogP contribution in [0.3, 0.4) is 0 Å². The number of hydrogen-bond acceptors (Lipinski definition) is 6. The number of rotatable bonds is 4. The highest BCUT2D eigenvalue weighted by atomic mass is 32.1. The molecular formula is C17H19NO4S. The maximum absolute atomic E-state index is 10.1. The minimum Gasteiger partial charge on any atom is -0.493 e. The van der Waals surface area contributed by atoms with Crippen molar-refractivity contribution in [2.45, 2.75) is 19.1 Å². The Morgan fingerprint density at radius 1 is 1.35 bits per heavy atom. The average molecular weight is 333 g/mol. The molecule has 5 nitrogen and oxygen atoms in total. The van der Waals surface area contributed by atoms with E-state index < -0.39 is 5.79 Å². The van der Waals surface area contributed by atoms with Gasteiger partial charge in [-0.05, 0) is 25.5 Å². The van der Waals surface area contributed by atoms with E-state index in [0.717, 1.165) is 5.56 Å². The second kappa shape index (κ2) is 5.88. The van der Waals surface area contributed by atoms with E-state index in [9.17, 15) is 10.2 Å². The molecule has 0 spiro atoms. The largest absolute Gasteiger partial charge is 0.493 e. The summed E-state index contributed by atoms with van der Waals surface area (Å²) >= 11 is 1.40. The van der Waals surface area contributed by atoms with E-state index in [-0.39, 0.29) is 0 Å². The van der Waals surface area contributed by atoms with Crippen molar-refractivity contribution in [1.29, 1.82) is 0 Å². The van der Waals surface area contributed by atoms with Gasteiger partial charge in [-0.1, -0.05) is 12.1 Å². The van der Waals surface area contributed by atoms with Gasteiger partial charge in [0.05, 0.1) is 17.7 Å². The molecule has 1 aromatic heterocycles. The summed E-state index contributed by atoms with van der Waals surface area (Å²) in [7, 11) is 3.35. The van der Waals surface area contributed by atoms with Crippen LogP contribution in [0.15, 0.2) is 29.7 Å². The van der Waals surface area contributed by atoms with Gasteiger partial charge < -0.3 is 25.0 Å². The van der Waals surface area contributed by atoms with E-state index in [1.807, 2.05) is 29.7 Å². The number of anilines is 1. The first-order valence-corrected chi connectivity index (χ1v) is 8.12. The highest BCUT2D eigenvalue weighted by Crippen LogP contribution is 2.43. The van der Waals surface area contributed by atoms with Crippen LogP contribution < -0.4 is 14.8 Å². The van der Waals surface area contributed by atoms with Gasteiger partial charge in [-0.2, -0.15) is 0 Å². The number of benzene rings is 1. The van der Waals surface area contributed by atoms with Crippen molar-refractivity contribution in [2.75, 3.05) is 19.5 Å². The molecule has 122 valence electrons. The summed E-state index contributed by atoms with van der Waals surface area (Å²) in [5.41, 5.74) is 2.12. The number of thiophene rings is 1. The number of fused-ring (bicyclic) bond motifs is 1. The van der Waals surface area contributed by atoms with Crippen LogP contribution in [0.1, 0.15) is 23.6 Å². The number of aliphatic hydroxyl groups is 2. The zero-order valence-electron chi connectivity index (χ0n) is 13.2. The predicted molar refractivity (Wildman–Crippen MR) is 91.0 cm³/mol. The zero-order valence-corrected chi connectivity index (χ0v) is 14.0. The quantitative estimate of drug-likeness (QED) is 0.751. The lowest BCUT2D eigenvalue weighted by Gasteiger charge is -2.23. The summed E-state index contributed by atoms with van der Waals surface area (Å²) in [5, 5.41) is 25.8. The van der Waals surface area contributed by atoms with Gasteiger partial charge in [0, 0.05) is 23.6 Å². The van der Waals surface area contributed by atoms with Gasteiger partial charge in [-0.15, -0.1) is 11.3 Å². The first kappa shape index (κ1) is 15.9. The number of ether oxygens (including phenoxy) is 2. The summed E-state index contributed by atoms with van der Waals surface area (Å²) in [6.07, 6.45) is 2.64. The van der Waals surface area contributed by atoms with E-state index in [1.165, 1.54) is 18.3 Å². The molecule has 0 bridgehead atoms. The van der Waals surface area contributed by atoms with E-state index in [1.54, 1.807) is 14.2 Å². The monoisotopic (exact) mass is 333 g/mol. The molecule has 0 amide bonds. The Labute approximate surface area is 138 Å². The van der Waals surface area contributed by atoms with Crippen molar-refractivity contribution >= 4 is 22.1 Å². The van der Waals surface area contributed by atoms with Gasteiger partial charge in [0.2, 0.25) is 0 Å². The van der Waals surface area contributed by atoms with Gasteiger partial charge in [0.1, 0.15) is 5.76 Å². The Morgan fingerprint density at radius 3 is 2.78 bits per heavy atom. The Bertz CT molecular complexity index is 758. The molecule has 1 aliphatic heterocycles. The first-order chi connectivity index (χ1) is 11.0. The highest BCUT2D eigenvalue weighted by molar-refractivity contribution is 7.14. The molecule has 2 aromatic rings. The van der Waals surface area contributed by atoms with Crippen LogP contribution >= 0.6 is 11.3 Å². The molecule has 1 aromatic carbocycles. The fraction of sp³-hybridized carbons (Fsp3) is 0.294. The molecule has 0 fully saturated rings. The lowest BCUT2D eigenvalue weighted by Crippen LogP contribution is -2.22. The molecule has 3 rings (SSSR count). The lowest BCUT2D eigenvalue weighted by atomic mass is 10.00. The summed E-state index contributed by atoms with van der Waals surface area (Å²) < 4.78 is 11.4. The van der Waals surface area contributed by atoms with Crippen LogP contribution in [0, 0.1) is 0 Å². The van der Waals surface area contributed by atoms with Crippen LogP contribution in [0.5, 0.6) is 11.5 Å². The smallest absolute Gasteiger partial charge is 0.190 e. The molecule has 23 heavy (non-hydrogen) atoms. The van der Waals surface area contributed by atoms with Crippen LogP contribution in [0.4, 0.5) is 5.00 Å². The Kier molecular flexibility index (Phi) is 4.06. The molecule has 0 unspecified atom stereocenters. The summed E-state index contributed by atoms with van der Waals surface area (Å²) in [6, 6.07) is 5.76. The van der Waals surface area contributed by atoms with Crippen molar-refractivity contribution in [3.63, 3.8) is 0 Å². The van der Waals surface area contributed by atoms with Gasteiger partial charge >= 0.3 is 0 Å². The van der Waals surface area contributed by atoms with Crippen molar-refractivity contribution < 1.29 is 19.7 Å². The predicted octanol–water partition coefficient (Wildman–Crippen LogP) is 2.93. The standard InChI is InChI=1S/C17H19NO4S/c1-17(19,20)14-11(9-23-16(14)18-2)12-8-7-10-5-4-6-13(21-3)15(10)22-12/h4-6,8-9,18-20H,7H2,1-3H3. The maximum Gasteiger partial charge on any atom is 0.190 e. The third kappa shape index (κ3) is 2.81. The maximum atomic E-state index is 10.1. The first-order valence-electron chi connectivity index (χ1n) is 7.24. The van der Waals surface area contributed by atoms with E-state index in [0.29, 0.717) is 39.8 Å². The van der Waals surface area contributed by atoms with E-state index >= 15 is 0 Å². The molecule has 1 aliphatic rings. The third-order valence-electron chi connectivity index (χ3n) is 3.76. The number of methoxy groups -OCH3 is 1. The lowest BCUT2D eigenvalue weighted by molar-refractivity contribution is -0.152. The molecule has 6 heteroatoms. The van der Waals surface area contributed by atoms with Crippen LogP contribution in [-0.2, 0) is 12.2 Å². The molecule has 0 aliphatic carbocycles. The summed E-state index contributed by atoms with van der Waals surface area (Å²) in [6.45, 7) is 1.34. The zero-order chi connectivity index (χ0) is 16.6. The molecule has 3 N–H and O–H groups in total. The Morgan fingerprint density at radius 2 is 2.13 bits per heavy atom. The molecule has 2 heterocycles. The fourth-order valence-electron chi connectivity index (χ4n) is 2.71. The number of para-hydroxylation sites is 1.